The summed E-state index contributed by atoms with van der Waals surface area (Å²) < 4.78 is 22.2. The summed E-state index contributed by atoms with van der Waals surface area (Å²) in [4.78, 5) is 28.3. The lowest BCUT2D eigenvalue weighted by molar-refractivity contribution is -0.116. The smallest absolute Gasteiger partial charge is 0.251 e. The third-order valence-electron chi connectivity index (χ3n) is 3.99. The van der Waals surface area contributed by atoms with Crippen LogP contribution < -0.4 is 15.4 Å². The van der Waals surface area contributed by atoms with Gasteiger partial charge in [-0.1, -0.05) is 0 Å². The van der Waals surface area contributed by atoms with Crippen LogP contribution >= 0.6 is 11.5 Å². The van der Waals surface area contributed by atoms with Crippen LogP contribution in [0.5, 0.6) is 5.75 Å². The van der Waals surface area contributed by atoms with Gasteiger partial charge in [0.1, 0.15) is 11.6 Å². The molecule has 2 N–H and O–H groups in total. The van der Waals surface area contributed by atoms with Crippen molar-refractivity contribution in [2.24, 2.45) is 0 Å². The van der Waals surface area contributed by atoms with E-state index in [0.29, 0.717) is 40.8 Å². The van der Waals surface area contributed by atoms with E-state index in [1.54, 1.807) is 43.5 Å². The van der Waals surface area contributed by atoms with Crippen molar-refractivity contribution in [3.8, 4) is 17.1 Å². The number of nitrogens with one attached hydrogen (secondary N) is 2. The van der Waals surface area contributed by atoms with E-state index in [0.717, 1.165) is 11.5 Å². The van der Waals surface area contributed by atoms with Gasteiger partial charge in [-0.15, -0.1) is 0 Å². The maximum Gasteiger partial charge on any atom is 0.251 e. The van der Waals surface area contributed by atoms with Crippen molar-refractivity contribution in [1.29, 1.82) is 0 Å². The summed E-state index contributed by atoms with van der Waals surface area (Å²) in [6.07, 6.45) is 0.714. The summed E-state index contributed by atoms with van der Waals surface area (Å²) in [5.41, 5.74) is 1.20. The van der Waals surface area contributed by atoms with Crippen LogP contribution in [0.2, 0.25) is 0 Å². The highest BCUT2D eigenvalue weighted by Crippen LogP contribution is 2.21. The molecule has 0 unspecified atom stereocenters. The highest BCUT2D eigenvalue weighted by Gasteiger charge is 2.10. The predicted molar refractivity (Wildman–Crippen MR) is 108 cm³/mol. The van der Waals surface area contributed by atoms with E-state index >= 15 is 0 Å². The minimum atomic E-state index is -0.336. The van der Waals surface area contributed by atoms with Gasteiger partial charge in [0.2, 0.25) is 11.0 Å². The third kappa shape index (κ3) is 5.82. The fourth-order valence-electron chi connectivity index (χ4n) is 2.47. The fraction of sp³-hybridized carbons (Fsp3) is 0.200. The molecule has 0 fully saturated rings. The lowest BCUT2D eigenvalue weighted by Gasteiger charge is -2.06. The number of carbonyl (C=O) groups excluding carboxylic acids is 2. The summed E-state index contributed by atoms with van der Waals surface area (Å²) in [7, 11) is 1.56. The number of benzene rings is 2. The fourth-order valence-corrected chi connectivity index (χ4v) is 3.07. The third-order valence-corrected chi connectivity index (χ3v) is 4.62. The minimum absolute atomic E-state index is 0.207. The number of methoxy groups -OCH3 is 1. The number of hydrogen-bond acceptors (Lipinski definition) is 6. The molecule has 1 aromatic heterocycles. The summed E-state index contributed by atoms with van der Waals surface area (Å²) in [5, 5.41) is 5.82. The van der Waals surface area contributed by atoms with Gasteiger partial charge in [0, 0.05) is 35.6 Å². The number of nitrogens with zero attached hydrogens (tertiary/aromatic N) is 2. The topological polar surface area (TPSA) is 93.2 Å². The van der Waals surface area contributed by atoms with E-state index in [1.807, 2.05) is 0 Å². The molecule has 0 bridgehead atoms. The maximum atomic E-state index is 13.0. The Morgan fingerprint density at radius 3 is 2.52 bits per heavy atom. The van der Waals surface area contributed by atoms with Crippen molar-refractivity contribution < 1.29 is 18.7 Å². The van der Waals surface area contributed by atoms with Crippen molar-refractivity contribution in [2.75, 3.05) is 19.0 Å². The maximum absolute atomic E-state index is 13.0. The Labute approximate surface area is 171 Å². The second kappa shape index (κ2) is 9.74. The van der Waals surface area contributed by atoms with Gasteiger partial charge in [-0.25, -0.2) is 4.39 Å². The second-order valence-corrected chi connectivity index (χ2v) is 6.82. The van der Waals surface area contributed by atoms with Crippen LogP contribution in [0.15, 0.2) is 48.5 Å². The van der Waals surface area contributed by atoms with Crippen LogP contribution in [0.3, 0.4) is 0 Å². The van der Waals surface area contributed by atoms with Gasteiger partial charge in [0.25, 0.3) is 5.91 Å². The van der Waals surface area contributed by atoms with E-state index < -0.39 is 0 Å². The number of ether oxygens (including phenoxy) is 1. The molecule has 3 rings (SSSR count). The summed E-state index contributed by atoms with van der Waals surface area (Å²) in [6.45, 7) is 0.370. The normalized spacial score (nSPS) is 10.4. The number of halogens is 1. The van der Waals surface area contributed by atoms with Crippen LogP contribution in [0.1, 0.15) is 23.2 Å². The Morgan fingerprint density at radius 1 is 1.10 bits per heavy atom. The van der Waals surface area contributed by atoms with Crippen LogP contribution in [0.25, 0.3) is 11.4 Å². The molecule has 2 aromatic carbocycles. The molecule has 150 valence electrons. The highest BCUT2D eigenvalue weighted by atomic mass is 32.1. The average molecular weight is 414 g/mol. The zero-order valence-corrected chi connectivity index (χ0v) is 16.5. The largest absolute Gasteiger partial charge is 0.497 e. The molecular formula is C20H19FN4O3S. The average Bonchev–Trinajstić information content (AvgIpc) is 3.20. The van der Waals surface area contributed by atoms with E-state index in [4.69, 9.17) is 4.74 Å². The molecule has 3 aromatic rings. The highest BCUT2D eigenvalue weighted by molar-refractivity contribution is 7.10. The summed E-state index contributed by atoms with van der Waals surface area (Å²) in [5.74, 6) is 0.345. The van der Waals surface area contributed by atoms with E-state index in [2.05, 4.69) is 20.0 Å². The number of rotatable bonds is 8. The Balaban J connectivity index is 1.41. The monoisotopic (exact) mass is 414 g/mol. The van der Waals surface area contributed by atoms with Gasteiger partial charge in [-0.2, -0.15) is 9.36 Å². The van der Waals surface area contributed by atoms with E-state index in [-0.39, 0.29) is 24.1 Å². The molecule has 0 saturated carbocycles. The van der Waals surface area contributed by atoms with Gasteiger partial charge in [0.05, 0.1) is 7.11 Å². The second-order valence-electron chi connectivity index (χ2n) is 6.07. The first-order chi connectivity index (χ1) is 14.0. The molecule has 0 aliphatic rings. The molecule has 0 radical (unpaired) electrons. The first-order valence-corrected chi connectivity index (χ1v) is 9.64. The molecule has 0 atom stereocenters. The SMILES string of the molecule is COc1ccc(C(=O)NCCCC(=O)Nc2nc(-c3ccc(F)cc3)ns2)cc1. The molecule has 0 spiro atoms. The Kier molecular flexibility index (Phi) is 6.85. The van der Waals surface area contributed by atoms with Gasteiger partial charge in [-0.05, 0) is 55.0 Å². The molecule has 0 saturated heterocycles. The Hall–Kier alpha value is -3.33. The molecule has 2 amide bonds. The zero-order chi connectivity index (χ0) is 20.6. The zero-order valence-electron chi connectivity index (χ0n) is 15.6. The number of hydrogen-bond donors (Lipinski definition) is 2. The van der Waals surface area contributed by atoms with Crippen molar-refractivity contribution in [3.63, 3.8) is 0 Å². The molecule has 0 aliphatic heterocycles. The lowest BCUT2D eigenvalue weighted by Crippen LogP contribution is -2.25. The molecular weight excluding hydrogens is 395 g/mol. The Morgan fingerprint density at radius 2 is 1.83 bits per heavy atom. The quantitative estimate of drug-likeness (QED) is 0.551. The van der Waals surface area contributed by atoms with E-state index in [1.165, 1.54) is 12.1 Å². The van der Waals surface area contributed by atoms with Crippen molar-refractivity contribution in [1.82, 2.24) is 14.7 Å². The lowest BCUT2D eigenvalue weighted by atomic mass is 10.2. The van der Waals surface area contributed by atoms with Crippen molar-refractivity contribution >= 4 is 28.5 Å². The summed E-state index contributed by atoms with van der Waals surface area (Å²) >= 11 is 1.05. The molecule has 7 nitrogen and oxygen atoms in total. The van der Waals surface area contributed by atoms with Crippen molar-refractivity contribution in [3.05, 3.63) is 59.9 Å². The summed E-state index contributed by atoms with van der Waals surface area (Å²) in [6, 6.07) is 12.6. The van der Waals surface area contributed by atoms with Gasteiger partial charge < -0.3 is 15.4 Å². The number of anilines is 1. The first-order valence-electron chi connectivity index (χ1n) is 8.87. The predicted octanol–water partition coefficient (Wildman–Crippen LogP) is 3.50. The van der Waals surface area contributed by atoms with Crippen LogP contribution in [0, 0.1) is 5.82 Å². The molecule has 29 heavy (non-hydrogen) atoms. The van der Waals surface area contributed by atoms with Crippen LogP contribution in [-0.4, -0.2) is 34.8 Å². The number of aromatic nitrogens is 2. The van der Waals surface area contributed by atoms with E-state index in [9.17, 15) is 14.0 Å². The van der Waals surface area contributed by atoms with Crippen molar-refractivity contribution in [2.45, 2.75) is 12.8 Å². The molecule has 9 heteroatoms. The minimum Gasteiger partial charge on any atom is -0.497 e. The van der Waals surface area contributed by atoms with Crippen LogP contribution in [0.4, 0.5) is 9.52 Å². The first kappa shape index (κ1) is 20.4. The standard InChI is InChI=1S/C20H19FN4O3S/c1-28-16-10-6-14(7-11-16)19(27)22-12-2-3-17(26)23-20-24-18(25-29-20)13-4-8-15(21)9-5-13/h4-11H,2-3,12H2,1H3,(H,22,27)(H,23,24,25,26). The van der Waals surface area contributed by atoms with Gasteiger partial charge in [0.15, 0.2) is 5.82 Å². The van der Waals surface area contributed by atoms with Gasteiger partial charge in [-0.3, -0.25) is 9.59 Å². The Bertz CT molecular complexity index is 974. The number of amides is 2. The molecule has 1 heterocycles. The molecule has 0 aliphatic carbocycles. The van der Waals surface area contributed by atoms with Gasteiger partial charge >= 0.3 is 0 Å². The number of carbonyl (C=O) groups is 2. The van der Waals surface area contributed by atoms with Crippen LogP contribution in [-0.2, 0) is 4.79 Å².